The van der Waals surface area contributed by atoms with Gasteiger partial charge in [-0.1, -0.05) is 30.7 Å². The van der Waals surface area contributed by atoms with Gasteiger partial charge >= 0.3 is 0 Å². The number of rotatable bonds is 8. The summed E-state index contributed by atoms with van der Waals surface area (Å²) in [6, 6.07) is 10.3. The number of nitrogens with zero attached hydrogens (tertiary/aromatic N) is 1. The number of halogens is 3. The van der Waals surface area contributed by atoms with Crippen molar-refractivity contribution in [2.45, 2.75) is 19.4 Å². The van der Waals surface area contributed by atoms with Gasteiger partial charge in [-0.25, -0.2) is 22.2 Å². The second kappa shape index (κ2) is 9.73. The molecule has 1 atom stereocenters. The molecule has 35 heavy (non-hydrogen) atoms. The molecular weight excluding hydrogens is 500 g/mol. The molecule has 0 aliphatic rings. The molecule has 4 aromatic rings. The second-order valence-corrected chi connectivity index (χ2v) is 10.1. The quantitative estimate of drug-likeness (QED) is 0.286. The summed E-state index contributed by atoms with van der Waals surface area (Å²) in [5, 5.41) is 10.5. The number of nitrogens with one attached hydrogen (secondary N) is 2. The number of fused-ring (bicyclic) bond motifs is 1. The fourth-order valence-corrected chi connectivity index (χ4v) is 4.99. The number of aromatic amines is 1. The summed E-state index contributed by atoms with van der Waals surface area (Å²) in [6.45, 7) is 1.59. The van der Waals surface area contributed by atoms with E-state index in [-0.39, 0.29) is 12.0 Å². The molecule has 0 amide bonds. The molecule has 0 aliphatic heterocycles. The number of pyridine rings is 1. The predicted molar refractivity (Wildman–Crippen MR) is 130 cm³/mol. The SMILES string of the molecule is CCC(O)CS(=O)(=O)Nc1ccc(F)c(C(=O)c2c[nH]c3ncc(-c4ccc(Cl)cc4)cc23)c1F. The van der Waals surface area contributed by atoms with Crippen molar-refractivity contribution in [3.8, 4) is 11.1 Å². The van der Waals surface area contributed by atoms with Crippen molar-refractivity contribution in [2.75, 3.05) is 10.5 Å². The summed E-state index contributed by atoms with van der Waals surface area (Å²) < 4.78 is 56.3. The summed E-state index contributed by atoms with van der Waals surface area (Å²) in [5.41, 5.74) is 0.197. The lowest BCUT2D eigenvalue weighted by Gasteiger charge is -2.13. The molecule has 2 heterocycles. The highest BCUT2D eigenvalue weighted by Gasteiger charge is 2.26. The van der Waals surface area contributed by atoms with Crippen LogP contribution in [-0.2, 0) is 10.0 Å². The highest BCUT2D eigenvalue weighted by molar-refractivity contribution is 7.92. The fourth-order valence-electron chi connectivity index (χ4n) is 3.55. The van der Waals surface area contributed by atoms with Crippen LogP contribution in [0.3, 0.4) is 0 Å². The molecule has 7 nitrogen and oxygen atoms in total. The Bertz CT molecular complexity index is 1520. The Morgan fingerprint density at radius 3 is 2.57 bits per heavy atom. The molecule has 0 radical (unpaired) electrons. The third kappa shape index (κ3) is 5.19. The van der Waals surface area contributed by atoms with Gasteiger partial charge < -0.3 is 10.1 Å². The van der Waals surface area contributed by atoms with Crippen LogP contribution in [0, 0.1) is 11.6 Å². The van der Waals surface area contributed by atoms with Crippen LogP contribution in [0.2, 0.25) is 5.02 Å². The van der Waals surface area contributed by atoms with E-state index < -0.39 is 50.5 Å². The number of aliphatic hydroxyl groups is 1. The van der Waals surface area contributed by atoms with Gasteiger partial charge in [-0.3, -0.25) is 9.52 Å². The zero-order valence-corrected chi connectivity index (χ0v) is 19.9. The Morgan fingerprint density at radius 1 is 1.17 bits per heavy atom. The van der Waals surface area contributed by atoms with Gasteiger partial charge in [0.1, 0.15) is 11.5 Å². The zero-order valence-electron chi connectivity index (χ0n) is 18.3. The number of benzene rings is 2. The third-order valence-electron chi connectivity index (χ3n) is 5.42. The van der Waals surface area contributed by atoms with E-state index in [1.807, 2.05) is 4.72 Å². The van der Waals surface area contributed by atoms with E-state index in [1.54, 1.807) is 43.5 Å². The van der Waals surface area contributed by atoms with Crippen molar-refractivity contribution in [1.82, 2.24) is 9.97 Å². The number of ketones is 1. The van der Waals surface area contributed by atoms with E-state index in [1.165, 1.54) is 6.20 Å². The first-order valence-electron chi connectivity index (χ1n) is 10.5. The molecule has 4 rings (SSSR count). The maximum absolute atomic E-state index is 15.2. The van der Waals surface area contributed by atoms with E-state index in [9.17, 15) is 22.7 Å². The summed E-state index contributed by atoms with van der Waals surface area (Å²) in [5.74, 6) is -4.18. The first-order valence-corrected chi connectivity index (χ1v) is 12.6. The van der Waals surface area contributed by atoms with Crippen LogP contribution in [0.1, 0.15) is 29.3 Å². The molecule has 0 spiro atoms. The molecule has 3 N–H and O–H groups in total. The van der Waals surface area contributed by atoms with E-state index in [0.29, 0.717) is 21.6 Å². The molecule has 2 aromatic heterocycles. The molecule has 1 unspecified atom stereocenters. The number of hydrogen-bond acceptors (Lipinski definition) is 5. The molecule has 0 fully saturated rings. The minimum atomic E-state index is -4.15. The van der Waals surface area contributed by atoms with Gasteiger partial charge in [0.2, 0.25) is 15.8 Å². The minimum absolute atomic E-state index is 0.0393. The molecule has 0 bridgehead atoms. The van der Waals surface area contributed by atoms with Gasteiger partial charge in [-0.05, 0) is 42.3 Å². The number of hydrogen-bond donors (Lipinski definition) is 3. The van der Waals surface area contributed by atoms with E-state index in [0.717, 1.165) is 17.7 Å². The van der Waals surface area contributed by atoms with Crippen LogP contribution in [-0.4, -0.2) is 41.1 Å². The third-order valence-corrected chi connectivity index (χ3v) is 7.03. The number of H-pyrrole nitrogens is 1. The monoisotopic (exact) mass is 519 g/mol. The van der Waals surface area contributed by atoms with Gasteiger partial charge in [-0.15, -0.1) is 0 Å². The predicted octanol–water partition coefficient (Wildman–Crippen LogP) is 4.91. The van der Waals surface area contributed by atoms with Crippen molar-refractivity contribution >= 4 is 44.1 Å². The Labute approximate surface area is 204 Å². The average Bonchev–Trinajstić information content (AvgIpc) is 3.24. The van der Waals surface area contributed by atoms with Crippen molar-refractivity contribution < 1.29 is 27.1 Å². The van der Waals surface area contributed by atoms with Crippen LogP contribution in [0.4, 0.5) is 14.5 Å². The van der Waals surface area contributed by atoms with E-state index >= 15 is 4.39 Å². The summed E-state index contributed by atoms with van der Waals surface area (Å²) in [4.78, 5) is 20.3. The number of aliphatic hydroxyl groups excluding tert-OH is 1. The molecule has 0 aliphatic carbocycles. The van der Waals surface area contributed by atoms with Gasteiger partial charge in [0.15, 0.2) is 5.82 Å². The van der Waals surface area contributed by atoms with Crippen molar-refractivity contribution in [3.05, 3.63) is 82.6 Å². The summed E-state index contributed by atoms with van der Waals surface area (Å²) >= 11 is 5.93. The average molecular weight is 520 g/mol. The smallest absolute Gasteiger partial charge is 0.235 e. The highest BCUT2D eigenvalue weighted by Crippen LogP contribution is 2.30. The molecule has 182 valence electrons. The van der Waals surface area contributed by atoms with Crippen LogP contribution < -0.4 is 4.72 Å². The fraction of sp³-hybridized carbons (Fsp3) is 0.167. The Hall–Kier alpha value is -3.34. The number of anilines is 1. The Kier molecular flexibility index (Phi) is 6.88. The number of carbonyl (C=O) groups excluding carboxylic acids is 1. The molecule has 11 heteroatoms. The second-order valence-electron chi connectivity index (χ2n) is 7.89. The highest BCUT2D eigenvalue weighted by atomic mass is 35.5. The molecular formula is C24H20ClF2N3O4S. The first-order chi connectivity index (χ1) is 16.6. The van der Waals surface area contributed by atoms with Gasteiger partial charge in [0, 0.05) is 33.9 Å². The number of sulfonamides is 1. The Morgan fingerprint density at radius 2 is 1.89 bits per heavy atom. The van der Waals surface area contributed by atoms with Crippen molar-refractivity contribution in [3.63, 3.8) is 0 Å². The van der Waals surface area contributed by atoms with E-state index in [4.69, 9.17) is 11.6 Å². The standard InChI is InChI=1S/C24H20ClF2N3O4S/c1-2-16(31)12-35(33,34)30-20-8-7-19(26)21(22(20)27)23(32)18-11-29-24-17(18)9-14(10-28-24)13-3-5-15(25)6-4-13/h3-11,16,30-31H,2,12H2,1H3,(H,28,29). The molecule has 2 aromatic carbocycles. The lowest BCUT2D eigenvalue weighted by molar-refractivity contribution is 0.103. The number of aromatic nitrogens is 2. The zero-order chi connectivity index (χ0) is 25.3. The topological polar surface area (TPSA) is 112 Å². The van der Waals surface area contributed by atoms with E-state index in [2.05, 4.69) is 9.97 Å². The first kappa shape index (κ1) is 24.8. The maximum atomic E-state index is 15.2. The lowest BCUT2D eigenvalue weighted by Crippen LogP contribution is -2.26. The van der Waals surface area contributed by atoms with Crippen LogP contribution >= 0.6 is 11.6 Å². The van der Waals surface area contributed by atoms with Gasteiger partial charge in [-0.2, -0.15) is 0 Å². The van der Waals surface area contributed by atoms with Gasteiger partial charge in [0.05, 0.1) is 23.1 Å². The Balaban J connectivity index is 1.74. The summed E-state index contributed by atoms with van der Waals surface area (Å²) in [7, 11) is -4.15. The van der Waals surface area contributed by atoms with Gasteiger partial charge in [0.25, 0.3) is 0 Å². The van der Waals surface area contributed by atoms with Crippen LogP contribution in [0.15, 0.2) is 54.9 Å². The minimum Gasteiger partial charge on any atom is -0.392 e. The largest absolute Gasteiger partial charge is 0.392 e. The molecule has 0 saturated carbocycles. The maximum Gasteiger partial charge on any atom is 0.235 e. The normalized spacial score (nSPS) is 12.6. The van der Waals surface area contributed by atoms with Crippen molar-refractivity contribution in [2.24, 2.45) is 0 Å². The van der Waals surface area contributed by atoms with Crippen molar-refractivity contribution in [1.29, 1.82) is 0 Å². The van der Waals surface area contributed by atoms with Crippen LogP contribution in [0.25, 0.3) is 22.2 Å². The lowest BCUT2D eigenvalue weighted by atomic mass is 10.00. The summed E-state index contributed by atoms with van der Waals surface area (Å²) in [6.07, 6.45) is 1.88. The number of carbonyl (C=O) groups is 1. The molecule has 0 saturated heterocycles. The van der Waals surface area contributed by atoms with Crippen LogP contribution in [0.5, 0.6) is 0 Å².